The highest BCUT2D eigenvalue weighted by molar-refractivity contribution is 5.83. The molecule has 0 amide bonds. The molecule has 4 rings (SSSR count). The predicted octanol–water partition coefficient (Wildman–Crippen LogP) is 5.69. The molecule has 1 saturated heterocycles. The van der Waals surface area contributed by atoms with Gasteiger partial charge in [0.05, 0.1) is 14.2 Å². The first-order valence-electron chi connectivity index (χ1n) is 12.9. The maximum absolute atomic E-state index is 14.5. The Morgan fingerprint density at radius 2 is 1.71 bits per heavy atom. The number of hydrogen-bond acceptors (Lipinski definition) is 6. The van der Waals surface area contributed by atoms with Crippen molar-refractivity contribution in [1.82, 2.24) is 4.90 Å². The van der Waals surface area contributed by atoms with Crippen molar-refractivity contribution in [3.05, 3.63) is 59.2 Å². The van der Waals surface area contributed by atoms with Gasteiger partial charge >= 0.3 is 12.1 Å². The zero-order valence-corrected chi connectivity index (χ0v) is 22.5. The summed E-state index contributed by atoms with van der Waals surface area (Å²) in [5.41, 5.74) is -1.40. The van der Waals surface area contributed by atoms with Crippen LogP contribution in [-0.4, -0.2) is 57.6 Å². The quantitative estimate of drug-likeness (QED) is 0.405. The van der Waals surface area contributed by atoms with Crippen molar-refractivity contribution in [3.63, 3.8) is 0 Å². The third-order valence-corrected chi connectivity index (χ3v) is 7.77. The van der Waals surface area contributed by atoms with E-state index in [4.69, 9.17) is 18.9 Å². The van der Waals surface area contributed by atoms with E-state index in [-0.39, 0.29) is 23.4 Å². The van der Waals surface area contributed by atoms with Gasteiger partial charge < -0.3 is 18.9 Å². The molecule has 2 heterocycles. The number of hydrogen-bond donors (Lipinski definition) is 0. The number of carbonyl (C=O) groups is 1. The minimum atomic E-state index is -5.02. The van der Waals surface area contributed by atoms with Crippen LogP contribution in [0.1, 0.15) is 49.4 Å². The van der Waals surface area contributed by atoms with Gasteiger partial charge in [-0.1, -0.05) is 44.2 Å². The smallest absolute Gasteiger partial charge is 0.432 e. The Kier molecular flexibility index (Phi) is 8.28. The van der Waals surface area contributed by atoms with E-state index in [0.717, 1.165) is 37.6 Å². The lowest BCUT2D eigenvalue weighted by Gasteiger charge is -2.47. The van der Waals surface area contributed by atoms with Gasteiger partial charge in [-0.25, -0.2) is 4.79 Å². The minimum absolute atomic E-state index is 0.115. The number of rotatable bonds is 8. The summed E-state index contributed by atoms with van der Waals surface area (Å²) in [6.45, 7) is 5.54. The molecule has 0 radical (unpaired) electrons. The molecule has 4 atom stereocenters. The number of carbonyl (C=O) groups excluding carboxylic acids is 1. The van der Waals surface area contributed by atoms with Gasteiger partial charge in [-0.15, -0.1) is 0 Å². The number of fused-ring (bicyclic) bond motifs is 3. The van der Waals surface area contributed by atoms with Crippen molar-refractivity contribution >= 4 is 5.97 Å². The number of halogens is 3. The molecule has 208 valence electrons. The number of alkyl halides is 3. The molecule has 0 spiro atoms. The highest BCUT2D eigenvalue weighted by Gasteiger charge is 2.64. The highest BCUT2D eigenvalue weighted by atomic mass is 19.4. The zero-order chi connectivity index (χ0) is 27.7. The van der Waals surface area contributed by atoms with Gasteiger partial charge in [-0.3, -0.25) is 4.90 Å². The minimum Gasteiger partial charge on any atom is -0.493 e. The molecule has 2 aliphatic heterocycles. The summed E-state index contributed by atoms with van der Waals surface area (Å²) >= 11 is 0. The summed E-state index contributed by atoms with van der Waals surface area (Å²) in [5, 5.41) is 0. The summed E-state index contributed by atoms with van der Waals surface area (Å²) in [4.78, 5) is 15.9. The molecular weight excluding hydrogens is 499 g/mol. The van der Waals surface area contributed by atoms with Crippen LogP contribution in [0.2, 0.25) is 0 Å². The summed E-state index contributed by atoms with van der Waals surface area (Å²) in [6.07, 6.45) is -3.82. The van der Waals surface area contributed by atoms with Crippen LogP contribution in [0.15, 0.2) is 42.5 Å². The van der Waals surface area contributed by atoms with Crippen LogP contribution < -0.4 is 9.47 Å². The molecule has 1 fully saturated rings. The number of esters is 1. The van der Waals surface area contributed by atoms with Crippen LogP contribution >= 0.6 is 0 Å². The fourth-order valence-electron chi connectivity index (χ4n) is 5.99. The molecule has 2 aromatic carbocycles. The topological polar surface area (TPSA) is 57.2 Å². The average molecular weight is 536 g/mol. The Morgan fingerprint density at radius 3 is 2.29 bits per heavy atom. The molecule has 2 aromatic rings. The summed E-state index contributed by atoms with van der Waals surface area (Å²) in [5.74, 6) is -0.0487. The van der Waals surface area contributed by atoms with Gasteiger partial charge in [0.25, 0.3) is 5.60 Å². The lowest BCUT2D eigenvalue weighted by atomic mass is 9.79. The van der Waals surface area contributed by atoms with E-state index in [1.54, 1.807) is 20.3 Å². The van der Waals surface area contributed by atoms with Gasteiger partial charge in [0, 0.05) is 44.1 Å². The Morgan fingerprint density at radius 1 is 1.05 bits per heavy atom. The molecule has 0 saturated carbocycles. The van der Waals surface area contributed by atoms with Crippen LogP contribution in [-0.2, 0) is 26.3 Å². The lowest BCUT2D eigenvalue weighted by Crippen LogP contribution is -2.55. The molecule has 2 aliphatic rings. The second kappa shape index (κ2) is 11.1. The molecule has 0 unspecified atom stereocenters. The Bertz CT molecular complexity index is 1120. The normalized spacial score (nSPS) is 23.2. The van der Waals surface area contributed by atoms with Crippen molar-refractivity contribution in [1.29, 1.82) is 0 Å². The highest BCUT2D eigenvalue weighted by Crippen LogP contribution is 2.47. The second-order valence-corrected chi connectivity index (χ2v) is 10.5. The third kappa shape index (κ3) is 5.10. The summed E-state index contributed by atoms with van der Waals surface area (Å²) < 4.78 is 65.4. The number of ether oxygens (including phenoxy) is 4. The van der Waals surface area contributed by atoms with E-state index in [9.17, 15) is 18.0 Å². The van der Waals surface area contributed by atoms with E-state index in [1.807, 2.05) is 12.1 Å². The number of piperidine rings is 1. The molecule has 0 aliphatic carbocycles. The second-order valence-electron chi connectivity index (χ2n) is 10.5. The molecule has 9 heteroatoms. The number of nitrogens with zero attached hydrogens (tertiary/aromatic N) is 1. The molecule has 0 N–H and O–H groups in total. The first-order chi connectivity index (χ1) is 18.0. The van der Waals surface area contributed by atoms with Crippen LogP contribution in [0, 0.1) is 11.8 Å². The molecule has 0 aromatic heterocycles. The molecule has 38 heavy (non-hydrogen) atoms. The average Bonchev–Trinajstić information content (AvgIpc) is 2.88. The summed E-state index contributed by atoms with van der Waals surface area (Å²) in [6, 6.07) is 10.7. The van der Waals surface area contributed by atoms with Crippen LogP contribution in [0.4, 0.5) is 13.2 Å². The number of methoxy groups -OCH3 is 3. The van der Waals surface area contributed by atoms with Crippen LogP contribution in [0.25, 0.3) is 0 Å². The van der Waals surface area contributed by atoms with Gasteiger partial charge in [0.2, 0.25) is 0 Å². The van der Waals surface area contributed by atoms with Gasteiger partial charge in [0.1, 0.15) is 6.10 Å². The fraction of sp³-hybridized carbons (Fsp3) is 0.552. The van der Waals surface area contributed by atoms with Crippen LogP contribution in [0.3, 0.4) is 0 Å². The first kappa shape index (κ1) is 28.2. The standard InChI is InChI=1S/C29H36F3NO5/c1-18(2)13-20-17-33-12-11-19-14-25(35-3)26(36-4)15-22(19)23(33)16-24(20)38-27(34)28(37-5,29(30,31)32)21-9-7-6-8-10-21/h6-10,14-15,18,20,23-24H,11-13,16-17H2,1-5H3/t20-,23+,24+,28-/m0/s1. The Hall–Kier alpha value is -2.78. The van der Waals surface area contributed by atoms with Crippen LogP contribution in [0.5, 0.6) is 11.5 Å². The maximum atomic E-state index is 14.5. The third-order valence-electron chi connectivity index (χ3n) is 7.77. The maximum Gasteiger partial charge on any atom is 0.432 e. The first-order valence-corrected chi connectivity index (χ1v) is 12.9. The SMILES string of the molecule is COc1cc2c(cc1OC)[C@H]1C[C@@H](OC(=O)[C@@](OC)(c3ccccc3)C(F)(F)F)[C@@H](CC(C)C)CN1CC2. The van der Waals surface area contributed by atoms with E-state index < -0.39 is 23.9 Å². The monoisotopic (exact) mass is 535 g/mol. The molecule has 6 nitrogen and oxygen atoms in total. The molecule has 0 bridgehead atoms. The van der Waals surface area contributed by atoms with E-state index >= 15 is 0 Å². The van der Waals surface area contributed by atoms with Crippen molar-refractivity contribution < 1.29 is 36.9 Å². The van der Waals surface area contributed by atoms with Gasteiger partial charge in [0.15, 0.2) is 11.5 Å². The largest absolute Gasteiger partial charge is 0.493 e. The predicted molar refractivity (Wildman–Crippen MR) is 136 cm³/mol. The van der Waals surface area contributed by atoms with E-state index in [2.05, 4.69) is 18.7 Å². The number of benzene rings is 2. The van der Waals surface area contributed by atoms with Crippen molar-refractivity contribution in [2.24, 2.45) is 11.8 Å². The lowest BCUT2D eigenvalue weighted by molar-refractivity contribution is -0.280. The van der Waals surface area contributed by atoms with Gasteiger partial charge in [-0.2, -0.15) is 13.2 Å². The van der Waals surface area contributed by atoms with E-state index in [0.29, 0.717) is 24.5 Å². The van der Waals surface area contributed by atoms with Crippen molar-refractivity contribution in [2.45, 2.75) is 57.0 Å². The van der Waals surface area contributed by atoms with Crippen molar-refractivity contribution in [2.75, 3.05) is 34.4 Å². The van der Waals surface area contributed by atoms with Gasteiger partial charge in [-0.05, 0) is 42.0 Å². The fourth-order valence-corrected chi connectivity index (χ4v) is 5.99. The Balaban J connectivity index is 1.70. The van der Waals surface area contributed by atoms with Crippen molar-refractivity contribution in [3.8, 4) is 11.5 Å². The summed E-state index contributed by atoms with van der Waals surface area (Å²) in [7, 11) is 4.05. The molecular formula is C29H36F3NO5. The zero-order valence-electron chi connectivity index (χ0n) is 22.5. The van der Waals surface area contributed by atoms with E-state index in [1.165, 1.54) is 24.3 Å². The Labute approximate surface area is 222 Å².